The molecule has 0 fully saturated rings. The SMILES string of the molecule is CCCNc1ncc(CNCc2ccc(C)cc2)cn1. The van der Waals surface area contributed by atoms with Crippen LogP contribution in [-0.4, -0.2) is 16.5 Å². The Morgan fingerprint density at radius 3 is 2.25 bits per heavy atom. The smallest absolute Gasteiger partial charge is 0.222 e. The zero-order valence-electron chi connectivity index (χ0n) is 12.2. The third-order valence-corrected chi connectivity index (χ3v) is 3.02. The van der Waals surface area contributed by atoms with Gasteiger partial charge in [0.15, 0.2) is 0 Å². The van der Waals surface area contributed by atoms with Gasteiger partial charge in [0.25, 0.3) is 0 Å². The van der Waals surface area contributed by atoms with Crippen molar-refractivity contribution < 1.29 is 0 Å². The lowest BCUT2D eigenvalue weighted by molar-refractivity contribution is 0.689. The number of aromatic nitrogens is 2. The van der Waals surface area contributed by atoms with E-state index in [1.165, 1.54) is 11.1 Å². The molecule has 0 saturated heterocycles. The predicted octanol–water partition coefficient (Wildman–Crippen LogP) is 2.90. The molecule has 2 N–H and O–H groups in total. The lowest BCUT2D eigenvalue weighted by atomic mass is 10.1. The number of anilines is 1. The van der Waals surface area contributed by atoms with Crippen LogP contribution < -0.4 is 10.6 Å². The number of benzene rings is 1. The third kappa shape index (κ3) is 4.63. The second-order valence-electron chi connectivity index (χ2n) is 4.93. The van der Waals surface area contributed by atoms with Crippen molar-refractivity contribution in [2.24, 2.45) is 0 Å². The summed E-state index contributed by atoms with van der Waals surface area (Å²) in [6.45, 7) is 6.77. The topological polar surface area (TPSA) is 49.8 Å². The maximum absolute atomic E-state index is 4.29. The summed E-state index contributed by atoms with van der Waals surface area (Å²) < 4.78 is 0. The molecule has 1 heterocycles. The Labute approximate surface area is 120 Å². The number of hydrogen-bond acceptors (Lipinski definition) is 4. The van der Waals surface area contributed by atoms with Crippen LogP contribution in [0.25, 0.3) is 0 Å². The first-order valence-electron chi connectivity index (χ1n) is 7.09. The maximum atomic E-state index is 4.29. The van der Waals surface area contributed by atoms with Crippen LogP contribution in [0.1, 0.15) is 30.0 Å². The van der Waals surface area contributed by atoms with Crippen LogP contribution in [0.2, 0.25) is 0 Å². The van der Waals surface area contributed by atoms with Gasteiger partial charge in [0, 0.05) is 37.6 Å². The summed E-state index contributed by atoms with van der Waals surface area (Å²) in [4.78, 5) is 8.58. The van der Waals surface area contributed by atoms with Crippen LogP contribution in [0.5, 0.6) is 0 Å². The van der Waals surface area contributed by atoms with Crippen LogP contribution in [0.4, 0.5) is 5.95 Å². The van der Waals surface area contributed by atoms with Gasteiger partial charge in [-0.3, -0.25) is 0 Å². The molecule has 0 aliphatic carbocycles. The molecule has 106 valence electrons. The number of aryl methyl sites for hydroxylation is 1. The lowest BCUT2D eigenvalue weighted by Crippen LogP contribution is -2.13. The fourth-order valence-corrected chi connectivity index (χ4v) is 1.83. The Bertz CT molecular complexity index is 505. The van der Waals surface area contributed by atoms with Gasteiger partial charge in [-0.25, -0.2) is 9.97 Å². The van der Waals surface area contributed by atoms with E-state index in [1.54, 1.807) is 0 Å². The Kier molecular flexibility index (Phi) is 5.50. The molecule has 0 saturated carbocycles. The van der Waals surface area contributed by atoms with Crippen molar-refractivity contribution in [3.05, 3.63) is 53.3 Å². The van der Waals surface area contributed by atoms with Crippen molar-refractivity contribution in [1.29, 1.82) is 0 Å². The largest absolute Gasteiger partial charge is 0.354 e. The van der Waals surface area contributed by atoms with Gasteiger partial charge in [-0.15, -0.1) is 0 Å². The number of hydrogen-bond donors (Lipinski definition) is 2. The quantitative estimate of drug-likeness (QED) is 0.812. The molecule has 0 radical (unpaired) electrons. The Morgan fingerprint density at radius 2 is 1.60 bits per heavy atom. The minimum Gasteiger partial charge on any atom is -0.354 e. The van der Waals surface area contributed by atoms with Crippen molar-refractivity contribution in [3.8, 4) is 0 Å². The summed E-state index contributed by atoms with van der Waals surface area (Å²) >= 11 is 0. The van der Waals surface area contributed by atoms with Crippen LogP contribution in [-0.2, 0) is 13.1 Å². The first kappa shape index (κ1) is 14.5. The fourth-order valence-electron chi connectivity index (χ4n) is 1.83. The van der Waals surface area contributed by atoms with E-state index in [-0.39, 0.29) is 0 Å². The van der Waals surface area contributed by atoms with Crippen LogP contribution in [0.15, 0.2) is 36.7 Å². The average molecular weight is 270 g/mol. The van der Waals surface area contributed by atoms with Crippen molar-refractivity contribution in [2.45, 2.75) is 33.4 Å². The minimum absolute atomic E-state index is 0.703. The molecular weight excluding hydrogens is 248 g/mol. The van der Waals surface area contributed by atoms with E-state index in [0.29, 0.717) is 5.95 Å². The molecule has 4 nitrogen and oxygen atoms in total. The molecule has 0 aliphatic heterocycles. The fraction of sp³-hybridized carbons (Fsp3) is 0.375. The summed E-state index contributed by atoms with van der Waals surface area (Å²) in [5.74, 6) is 0.703. The molecule has 20 heavy (non-hydrogen) atoms. The molecule has 2 rings (SSSR count). The first-order valence-corrected chi connectivity index (χ1v) is 7.09. The van der Waals surface area contributed by atoms with Crippen molar-refractivity contribution >= 4 is 5.95 Å². The Morgan fingerprint density at radius 1 is 0.950 bits per heavy atom. The minimum atomic E-state index is 0.703. The first-order chi connectivity index (χ1) is 9.78. The van der Waals surface area contributed by atoms with Crippen molar-refractivity contribution in [1.82, 2.24) is 15.3 Å². The number of nitrogens with one attached hydrogen (secondary N) is 2. The summed E-state index contributed by atoms with van der Waals surface area (Å²) in [5, 5.41) is 6.57. The van der Waals surface area contributed by atoms with E-state index in [9.17, 15) is 0 Å². The summed E-state index contributed by atoms with van der Waals surface area (Å²) in [6.07, 6.45) is 4.81. The molecule has 4 heteroatoms. The lowest BCUT2D eigenvalue weighted by Gasteiger charge is -2.06. The molecule has 0 amide bonds. The van der Waals surface area contributed by atoms with Gasteiger partial charge in [-0.05, 0) is 18.9 Å². The summed E-state index contributed by atoms with van der Waals surface area (Å²) in [5.41, 5.74) is 3.68. The van der Waals surface area contributed by atoms with E-state index in [2.05, 4.69) is 58.7 Å². The van der Waals surface area contributed by atoms with Gasteiger partial charge < -0.3 is 10.6 Å². The van der Waals surface area contributed by atoms with Crippen molar-refractivity contribution in [2.75, 3.05) is 11.9 Å². The highest BCUT2D eigenvalue weighted by Crippen LogP contribution is 2.04. The second kappa shape index (κ2) is 7.60. The molecule has 2 aromatic rings. The van der Waals surface area contributed by atoms with Gasteiger partial charge in [-0.1, -0.05) is 36.8 Å². The Hall–Kier alpha value is -1.94. The maximum Gasteiger partial charge on any atom is 0.222 e. The Balaban J connectivity index is 1.77. The van der Waals surface area contributed by atoms with Gasteiger partial charge in [0.1, 0.15) is 0 Å². The molecule has 0 bridgehead atoms. The van der Waals surface area contributed by atoms with Gasteiger partial charge in [0.2, 0.25) is 5.95 Å². The normalized spacial score (nSPS) is 10.5. The van der Waals surface area contributed by atoms with E-state index in [4.69, 9.17) is 0 Å². The molecule has 1 aromatic carbocycles. The van der Waals surface area contributed by atoms with E-state index < -0.39 is 0 Å². The molecule has 0 spiro atoms. The van der Waals surface area contributed by atoms with E-state index >= 15 is 0 Å². The van der Waals surface area contributed by atoms with Gasteiger partial charge in [-0.2, -0.15) is 0 Å². The molecule has 0 aliphatic rings. The monoisotopic (exact) mass is 270 g/mol. The van der Waals surface area contributed by atoms with Gasteiger partial charge >= 0.3 is 0 Å². The molecule has 0 atom stereocenters. The van der Waals surface area contributed by atoms with Crippen LogP contribution in [0, 0.1) is 6.92 Å². The van der Waals surface area contributed by atoms with Crippen LogP contribution in [0.3, 0.4) is 0 Å². The highest BCUT2D eigenvalue weighted by molar-refractivity contribution is 5.24. The van der Waals surface area contributed by atoms with Gasteiger partial charge in [0.05, 0.1) is 0 Å². The third-order valence-electron chi connectivity index (χ3n) is 3.02. The molecular formula is C16H22N4. The summed E-state index contributed by atoms with van der Waals surface area (Å²) in [6, 6.07) is 8.57. The van der Waals surface area contributed by atoms with Crippen molar-refractivity contribution in [3.63, 3.8) is 0 Å². The number of rotatable bonds is 7. The van der Waals surface area contributed by atoms with E-state index in [1.807, 2.05) is 12.4 Å². The van der Waals surface area contributed by atoms with Crippen LogP contribution >= 0.6 is 0 Å². The zero-order chi connectivity index (χ0) is 14.2. The predicted molar refractivity (Wildman–Crippen MR) is 82.5 cm³/mol. The average Bonchev–Trinajstić information content (AvgIpc) is 2.48. The highest BCUT2D eigenvalue weighted by Gasteiger charge is 1.97. The van der Waals surface area contributed by atoms with E-state index in [0.717, 1.165) is 31.6 Å². The molecule has 0 unspecified atom stereocenters. The highest BCUT2D eigenvalue weighted by atomic mass is 15.1. The number of nitrogens with zero attached hydrogens (tertiary/aromatic N) is 2. The summed E-state index contributed by atoms with van der Waals surface area (Å²) in [7, 11) is 0. The second-order valence-corrected chi connectivity index (χ2v) is 4.93. The zero-order valence-corrected chi connectivity index (χ0v) is 12.2. The molecule has 1 aromatic heterocycles. The standard InChI is InChI=1S/C16H22N4/c1-3-8-18-16-19-11-15(12-20-16)10-17-9-14-6-4-13(2)5-7-14/h4-7,11-12,17H,3,8-10H2,1-2H3,(H,18,19,20).